The average molecular weight is 268 g/mol. The normalized spacial score (nSPS) is 11.0. The third-order valence-corrected chi connectivity index (χ3v) is 2.94. The standard InChI is InChI=1S/C12H7F3N2S/c13-12(14,15)11-2-1-9(5-8(11)6-16)17-10-3-4-18-7-10/h1-5,7,17H. The highest BCUT2D eigenvalue weighted by atomic mass is 32.1. The van der Waals surface area contributed by atoms with E-state index in [0.29, 0.717) is 5.69 Å². The summed E-state index contributed by atoms with van der Waals surface area (Å²) in [5, 5.41) is 15.4. The Bertz CT molecular complexity index is 582. The average Bonchev–Trinajstić information content (AvgIpc) is 2.80. The van der Waals surface area contributed by atoms with Gasteiger partial charge in [0.1, 0.15) is 0 Å². The Hall–Kier alpha value is -2.00. The predicted octanol–water partition coefficient (Wildman–Crippen LogP) is 4.38. The Kier molecular flexibility index (Phi) is 3.26. The zero-order valence-electron chi connectivity index (χ0n) is 8.95. The van der Waals surface area contributed by atoms with Crippen LogP contribution in [0, 0.1) is 11.3 Å². The van der Waals surface area contributed by atoms with Crippen LogP contribution in [0.25, 0.3) is 0 Å². The molecule has 6 heteroatoms. The van der Waals surface area contributed by atoms with Crippen molar-refractivity contribution in [3.63, 3.8) is 0 Å². The minimum Gasteiger partial charge on any atom is -0.355 e. The van der Waals surface area contributed by atoms with Crippen LogP contribution < -0.4 is 5.32 Å². The summed E-state index contributed by atoms with van der Waals surface area (Å²) in [6.07, 6.45) is -4.51. The third-order valence-electron chi connectivity index (χ3n) is 2.26. The van der Waals surface area contributed by atoms with E-state index >= 15 is 0 Å². The Balaban J connectivity index is 2.34. The molecule has 0 saturated carbocycles. The Morgan fingerprint density at radius 1 is 1.17 bits per heavy atom. The van der Waals surface area contributed by atoms with Gasteiger partial charge < -0.3 is 5.32 Å². The maximum Gasteiger partial charge on any atom is 0.417 e. The number of hydrogen-bond donors (Lipinski definition) is 1. The van der Waals surface area contributed by atoms with Crippen molar-refractivity contribution in [2.75, 3.05) is 5.32 Å². The van der Waals surface area contributed by atoms with Crippen LogP contribution in [0.4, 0.5) is 24.5 Å². The maximum atomic E-state index is 12.6. The van der Waals surface area contributed by atoms with Crippen molar-refractivity contribution in [1.82, 2.24) is 0 Å². The number of hydrogen-bond acceptors (Lipinski definition) is 3. The summed E-state index contributed by atoms with van der Waals surface area (Å²) in [5.41, 5.74) is -0.0646. The first-order valence-corrected chi connectivity index (χ1v) is 5.85. The molecule has 0 aliphatic carbocycles. The van der Waals surface area contributed by atoms with Crippen LogP contribution in [0.2, 0.25) is 0 Å². The molecule has 0 bridgehead atoms. The lowest BCUT2D eigenvalue weighted by Crippen LogP contribution is -2.08. The van der Waals surface area contributed by atoms with E-state index in [2.05, 4.69) is 5.32 Å². The summed E-state index contributed by atoms with van der Waals surface area (Å²) in [6.45, 7) is 0. The van der Waals surface area contributed by atoms with Gasteiger partial charge in [0.05, 0.1) is 17.2 Å². The number of thiophene rings is 1. The molecule has 0 radical (unpaired) electrons. The first-order chi connectivity index (χ1) is 8.50. The molecule has 0 saturated heterocycles. The molecule has 0 aliphatic rings. The second-order valence-corrected chi connectivity index (χ2v) is 4.29. The van der Waals surface area contributed by atoms with Gasteiger partial charge >= 0.3 is 6.18 Å². The monoisotopic (exact) mass is 268 g/mol. The highest BCUT2D eigenvalue weighted by Crippen LogP contribution is 2.33. The fourth-order valence-corrected chi connectivity index (χ4v) is 2.05. The van der Waals surface area contributed by atoms with Crippen LogP contribution in [0.1, 0.15) is 11.1 Å². The van der Waals surface area contributed by atoms with Crippen molar-refractivity contribution in [3.05, 3.63) is 46.2 Å². The number of alkyl halides is 3. The zero-order chi connectivity index (χ0) is 13.2. The van der Waals surface area contributed by atoms with E-state index in [1.54, 1.807) is 12.1 Å². The van der Waals surface area contributed by atoms with Gasteiger partial charge in [0.25, 0.3) is 0 Å². The van der Waals surface area contributed by atoms with Gasteiger partial charge in [-0.1, -0.05) is 0 Å². The molecule has 1 aromatic heterocycles. The largest absolute Gasteiger partial charge is 0.417 e. The molecule has 0 amide bonds. The minimum absolute atomic E-state index is 0.386. The van der Waals surface area contributed by atoms with E-state index in [0.717, 1.165) is 11.8 Å². The fraction of sp³-hybridized carbons (Fsp3) is 0.0833. The van der Waals surface area contributed by atoms with E-state index < -0.39 is 11.7 Å². The van der Waals surface area contributed by atoms with Gasteiger partial charge in [0, 0.05) is 16.8 Å². The maximum absolute atomic E-state index is 12.6. The molecule has 0 atom stereocenters. The quantitative estimate of drug-likeness (QED) is 0.877. The van der Waals surface area contributed by atoms with Crippen LogP contribution in [-0.4, -0.2) is 0 Å². The highest BCUT2D eigenvalue weighted by Gasteiger charge is 2.33. The minimum atomic E-state index is -4.51. The molecule has 0 unspecified atom stereocenters. The van der Waals surface area contributed by atoms with Gasteiger partial charge in [-0.3, -0.25) is 0 Å². The molecule has 2 aromatic rings. The summed E-state index contributed by atoms with van der Waals surface area (Å²) in [5.74, 6) is 0. The van der Waals surface area contributed by atoms with Crippen LogP contribution >= 0.6 is 11.3 Å². The van der Waals surface area contributed by atoms with Crippen LogP contribution in [-0.2, 0) is 6.18 Å². The zero-order valence-corrected chi connectivity index (χ0v) is 9.77. The van der Waals surface area contributed by atoms with Gasteiger partial charge in [-0.25, -0.2) is 0 Å². The topological polar surface area (TPSA) is 35.8 Å². The van der Waals surface area contributed by atoms with Crippen molar-refractivity contribution in [1.29, 1.82) is 5.26 Å². The summed E-state index contributed by atoms with van der Waals surface area (Å²) in [7, 11) is 0. The van der Waals surface area contributed by atoms with E-state index in [1.807, 2.05) is 10.8 Å². The Morgan fingerprint density at radius 2 is 1.94 bits per heavy atom. The van der Waals surface area contributed by atoms with Crippen LogP contribution in [0.15, 0.2) is 35.0 Å². The number of anilines is 2. The summed E-state index contributed by atoms with van der Waals surface area (Å²) < 4.78 is 37.7. The van der Waals surface area contributed by atoms with Crippen LogP contribution in [0.3, 0.4) is 0 Å². The fourth-order valence-electron chi connectivity index (χ4n) is 1.46. The van der Waals surface area contributed by atoms with Gasteiger partial charge in [-0.2, -0.15) is 29.8 Å². The molecule has 1 aromatic carbocycles. The number of nitriles is 1. The molecular formula is C12H7F3N2S. The Morgan fingerprint density at radius 3 is 2.50 bits per heavy atom. The molecule has 1 N–H and O–H groups in total. The lowest BCUT2D eigenvalue weighted by Gasteiger charge is -2.10. The lowest BCUT2D eigenvalue weighted by molar-refractivity contribution is -0.137. The summed E-state index contributed by atoms with van der Waals surface area (Å²) in [4.78, 5) is 0. The number of nitrogens with zero attached hydrogens (tertiary/aromatic N) is 1. The second-order valence-electron chi connectivity index (χ2n) is 3.51. The van der Waals surface area contributed by atoms with E-state index in [-0.39, 0.29) is 5.56 Å². The second kappa shape index (κ2) is 4.70. The molecule has 0 aliphatic heterocycles. The van der Waals surface area contributed by atoms with Gasteiger partial charge in [0.15, 0.2) is 0 Å². The van der Waals surface area contributed by atoms with E-state index in [4.69, 9.17) is 5.26 Å². The summed E-state index contributed by atoms with van der Waals surface area (Å²) in [6, 6.07) is 6.78. The first kappa shape index (κ1) is 12.5. The van der Waals surface area contributed by atoms with E-state index in [9.17, 15) is 13.2 Å². The molecule has 0 fully saturated rings. The van der Waals surface area contributed by atoms with E-state index in [1.165, 1.54) is 23.5 Å². The number of benzene rings is 1. The SMILES string of the molecule is N#Cc1cc(Nc2ccsc2)ccc1C(F)(F)F. The molecule has 2 nitrogen and oxygen atoms in total. The van der Waals surface area contributed by atoms with Gasteiger partial charge in [0.2, 0.25) is 0 Å². The Labute approximate surface area is 105 Å². The number of rotatable bonds is 2. The molecular weight excluding hydrogens is 261 g/mol. The summed E-state index contributed by atoms with van der Waals surface area (Å²) >= 11 is 1.47. The highest BCUT2D eigenvalue weighted by molar-refractivity contribution is 7.08. The van der Waals surface area contributed by atoms with Gasteiger partial charge in [-0.15, -0.1) is 0 Å². The van der Waals surface area contributed by atoms with Crippen LogP contribution in [0.5, 0.6) is 0 Å². The smallest absolute Gasteiger partial charge is 0.355 e. The lowest BCUT2D eigenvalue weighted by atomic mass is 10.1. The first-order valence-electron chi connectivity index (χ1n) is 4.91. The van der Waals surface area contributed by atoms with Crippen molar-refractivity contribution in [2.45, 2.75) is 6.18 Å². The molecule has 2 rings (SSSR count). The molecule has 92 valence electrons. The molecule has 0 spiro atoms. The predicted molar refractivity (Wildman–Crippen MR) is 63.8 cm³/mol. The van der Waals surface area contributed by atoms with Crippen molar-refractivity contribution in [2.24, 2.45) is 0 Å². The third kappa shape index (κ3) is 2.63. The number of nitrogens with one attached hydrogen (secondary N) is 1. The number of halogens is 3. The molecule has 1 heterocycles. The van der Waals surface area contributed by atoms with Crippen molar-refractivity contribution in [3.8, 4) is 6.07 Å². The van der Waals surface area contributed by atoms with Crippen molar-refractivity contribution < 1.29 is 13.2 Å². The van der Waals surface area contributed by atoms with Gasteiger partial charge in [-0.05, 0) is 29.6 Å². The van der Waals surface area contributed by atoms with Crippen molar-refractivity contribution >= 4 is 22.7 Å². The molecule has 18 heavy (non-hydrogen) atoms.